The van der Waals surface area contributed by atoms with E-state index in [0.717, 1.165) is 45.6 Å². The van der Waals surface area contributed by atoms with Crippen LogP contribution in [-0.4, -0.2) is 21.6 Å². The lowest BCUT2D eigenvalue weighted by atomic mass is 9.78. The van der Waals surface area contributed by atoms with Crippen LogP contribution in [0.3, 0.4) is 0 Å². The molecule has 1 aromatic carbocycles. The molecule has 1 aliphatic rings. The number of ether oxygens (including phenoxy) is 1. The predicted molar refractivity (Wildman–Crippen MR) is 117 cm³/mol. The third-order valence-electron chi connectivity index (χ3n) is 6.41. The highest BCUT2D eigenvalue weighted by Crippen LogP contribution is 2.39. The number of aromatic nitrogens is 3. The summed E-state index contributed by atoms with van der Waals surface area (Å²) >= 11 is 0. The molecule has 0 radical (unpaired) electrons. The summed E-state index contributed by atoms with van der Waals surface area (Å²) in [6.45, 7) is 8.08. The number of fused-ring (bicyclic) bond motifs is 1. The summed E-state index contributed by atoms with van der Waals surface area (Å²) in [6.07, 6.45) is 6.40. The number of rotatable bonds is 5. The molecule has 0 amide bonds. The van der Waals surface area contributed by atoms with E-state index < -0.39 is 0 Å². The predicted octanol–water partition coefficient (Wildman–Crippen LogP) is 5.14. The Kier molecular flexibility index (Phi) is 5.15. The van der Waals surface area contributed by atoms with Crippen LogP contribution in [0.5, 0.6) is 5.75 Å². The molecule has 0 unspecified atom stereocenters. The van der Waals surface area contributed by atoms with Gasteiger partial charge < -0.3 is 9.30 Å². The molecule has 5 nitrogen and oxygen atoms in total. The summed E-state index contributed by atoms with van der Waals surface area (Å²) in [4.78, 5) is 22.6. The van der Waals surface area contributed by atoms with Crippen LogP contribution in [0.2, 0.25) is 0 Å². The van der Waals surface area contributed by atoms with E-state index in [1.807, 2.05) is 30.5 Å². The van der Waals surface area contributed by atoms with Gasteiger partial charge in [-0.05, 0) is 75.3 Å². The van der Waals surface area contributed by atoms with Crippen molar-refractivity contribution in [2.75, 3.05) is 7.11 Å². The maximum Gasteiger partial charge on any atom is 0.272 e. The molecular weight excluding hydrogens is 362 g/mol. The number of methoxy groups -OCH3 is 1. The Labute approximate surface area is 171 Å². The van der Waals surface area contributed by atoms with Crippen molar-refractivity contribution in [3.05, 3.63) is 51.6 Å². The van der Waals surface area contributed by atoms with E-state index >= 15 is 0 Å². The summed E-state index contributed by atoms with van der Waals surface area (Å²) in [5, 5.41) is 0. The minimum atomic E-state index is 0.0241. The van der Waals surface area contributed by atoms with Gasteiger partial charge in [0.1, 0.15) is 17.0 Å². The maximum absolute atomic E-state index is 13.1. The number of aryl methyl sites for hydroxylation is 3. The molecule has 1 aliphatic carbocycles. The van der Waals surface area contributed by atoms with Gasteiger partial charge in [-0.25, -0.2) is 4.98 Å². The average Bonchev–Trinajstić information content (AvgIpc) is 2.67. The van der Waals surface area contributed by atoms with Gasteiger partial charge in [-0.2, -0.15) is 0 Å². The van der Waals surface area contributed by atoms with Crippen LogP contribution in [0.4, 0.5) is 0 Å². The minimum absolute atomic E-state index is 0.0241. The minimum Gasteiger partial charge on any atom is -0.496 e. The standard InChI is InChI=1S/C24H29N3O2/c1-6-19(17-8-7-9-17)27-20-10-11-25-22(23(20)26-16(4)24(27)28)18-12-15(3)21(29-5)13-14(18)2/h10-13,17,19H,6-9H2,1-5H3/t19-/m0/s1. The van der Waals surface area contributed by atoms with Crippen molar-refractivity contribution >= 4 is 11.0 Å². The second-order valence-electron chi connectivity index (χ2n) is 8.20. The smallest absolute Gasteiger partial charge is 0.272 e. The van der Waals surface area contributed by atoms with E-state index in [1.165, 1.54) is 19.3 Å². The van der Waals surface area contributed by atoms with E-state index in [4.69, 9.17) is 14.7 Å². The summed E-state index contributed by atoms with van der Waals surface area (Å²) in [6, 6.07) is 6.30. The number of hydrogen-bond acceptors (Lipinski definition) is 4. The van der Waals surface area contributed by atoms with Crippen molar-refractivity contribution in [2.24, 2.45) is 5.92 Å². The van der Waals surface area contributed by atoms with E-state index in [2.05, 4.69) is 19.9 Å². The fraction of sp³-hybridized carbons (Fsp3) is 0.458. The Bertz CT molecular complexity index is 1130. The largest absolute Gasteiger partial charge is 0.496 e. The molecular formula is C24H29N3O2. The Balaban J connectivity index is 1.99. The normalized spacial score (nSPS) is 15.3. The average molecular weight is 392 g/mol. The number of nitrogens with zero attached hydrogens (tertiary/aromatic N) is 3. The van der Waals surface area contributed by atoms with Crippen LogP contribution in [0.25, 0.3) is 22.3 Å². The molecule has 0 bridgehead atoms. The number of hydrogen-bond donors (Lipinski definition) is 0. The molecule has 0 aliphatic heterocycles. The van der Waals surface area contributed by atoms with E-state index in [1.54, 1.807) is 13.3 Å². The van der Waals surface area contributed by atoms with Gasteiger partial charge in [0.15, 0.2) is 0 Å². The Morgan fingerprint density at radius 1 is 1.21 bits per heavy atom. The fourth-order valence-electron chi connectivity index (χ4n) is 4.59. The fourth-order valence-corrected chi connectivity index (χ4v) is 4.59. The molecule has 5 heteroatoms. The van der Waals surface area contributed by atoms with Gasteiger partial charge in [0.2, 0.25) is 0 Å². The molecule has 0 spiro atoms. The topological polar surface area (TPSA) is 57.0 Å². The van der Waals surface area contributed by atoms with Crippen molar-refractivity contribution in [2.45, 2.75) is 59.4 Å². The molecule has 3 aromatic rings. The van der Waals surface area contributed by atoms with Gasteiger partial charge >= 0.3 is 0 Å². The Morgan fingerprint density at radius 2 is 1.97 bits per heavy atom. The van der Waals surface area contributed by atoms with Gasteiger partial charge in [-0.15, -0.1) is 0 Å². The maximum atomic E-state index is 13.1. The zero-order chi connectivity index (χ0) is 20.7. The zero-order valence-corrected chi connectivity index (χ0v) is 18.0. The van der Waals surface area contributed by atoms with Crippen molar-refractivity contribution in [1.29, 1.82) is 0 Å². The summed E-state index contributed by atoms with van der Waals surface area (Å²) in [5.74, 6) is 1.44. The van der Waals surface area contributed by atoms with Gasteiger partial charge in [0.05, 0.1) is 18.3 Å². The molecule has 1 fully saturated rings. The molecule has 152 valence electrons. The van der Waals surface area contributed by atoms with Crippen LogP contribution in [0, 0.1) is 26.7 Å². The van der Waals surface area contributed by atoms with Gasteiger partial charge in [-0.1, -0.05) is 13.3 Å². The first kappa shape index (κ1) is 19.6. The summed E-state index contributed by atoms with van der Waals surface area (Å²) in [7, 11) is 1.69. The molecule has 0 N–H and O–H groups in total. The number of benzene rings is 1. The second-order valence-corrected chi connectivity index (χ2v) is 8.20. The first-order valence-corrected chi connectivity index (χ1v) is 10.5. The molecule has 2 aromatic heterocycles. The van der Waals surface area contributed by atoms with E-state index in [-0.39, 0.29) is 11.6 Å². The highest BCUT2D eigenvalue weighted by molar-refractivity contribution is 5.90. The van der Waals surface area contributed by atoms with Crippen LogP contribution in [0.1, 0.15) is 55.5 Å². The molecule has 1 atom stereocenters. The van der Waals surface area contributed by atoms with Gasteiger partial charge in [0.25, 0.3) is 5.56 Å². The zero-order valence-electron chi connectivity index (χ0n) is 18.0. The van der Waals surface area contributed by atoms with E-state index in [0.29, 0.717) is 11.6 Å². The van der Waals surface area contributed by atoms with Crippen molar-refractivity contribution < 1.29 is 4.74 Å². The first-order valence-electron chi connectivity index (χ1n) is 10.5. The van der Waals surface area contributed by atoms with Crippen LogP contribution < -0.4 is 10.3 Å². The highest BCUT2D eigenvalue weighted by atomic mass is 16.5. The van der Waals surface area contributed by atoms with Crippen LogP contribution in [-0.2, 0) is 0 Å². The molecule has 0 saturated heterocycles. The van der Waals surface area contributed by atoms with Gasteiger partial charge in [0, 0.05) is 17.8 Å². The molecule has 1 saturated carbocycles. The first-order chi connectivity index (χ1) is 14.0. The van der Waals surface area contributed by atoms with E-state index in [9.17, 15) is 4.79 Å². The van der Waals surface area contributed by atoms with Crippen molar-refractivity contribution in [1.82, 2.24) is 14.5 Å². The third-order valence-corrected chi connectivity index (χ3v) is 6.41. The molecule has 29 heavy (non-hydrogen) atoms. The lowest BCUT2D eigenvalue weighted by Gasteiger charge is -2.35. The lowest BCUT2D eigenvalue weighted by Crippen LogP contribution is -2.34. The number of pyridine rings is 1. The van der Waals surface area contributed by atoms with Gasteiger partial charge in [-0.3, -0.25) is 9.78 Å². The highest BCUT2D eigenvalue weighted by Gasteiger charge is 2.30. The monoisotopic (exact) mass is 391 g/mol. The molecule has 4 rings (SSSR count). The Morgan fingerprint density at radius 3 is 2.59 bits per heavy atom. The second kappa shape index (κ2) is 7.62. The summed E-state index contributed by atoms with van der Waals surface area (Å²) < 4.78 is 7.47. The Hall–Kier alpha value is -2.69. The third kappa shape index (κ3) is 3.22. The lowest BCUT2D eigenvalue weighted by molar-refractivity contribution is 0.203. The van der Waals surface area contributed by atoms with Crippen LogP contribution >= 0.6 is 0 Å². The quantitative estimate of drug-likeness (QED) is 0.604. The summed E-state index contributed by atoms with van der Waals surface area (Å²) in [5.41, 5.74) is 6.23. The van der Waals surface area contributed by atoms with Crippen LogP contribution in [0.15, 0.2) is 29.2 Å². The van der Waals surface area contributed by atoms with Crippen molar-refractivity contribution in [3.8, 4) is 17.0 Å². The molecule has 2 heterocycles. The SMILES string of the molecule is CC[C@@H](C1CCC1)n1c(=O)c(C)nc2c(-c3cc(C)c(OC)cc3C)nccc21. The van der Waals surface area contributed by atoms with Crippen molar-refractivity contribution in [3.63, 3.8) is 0 Å².